The highest BCUT2D eigenvalue weighted by molar-refractivity contribution is 7.41. The van der Waals surface area contributed by atoms with Crippen LogP contribution in [-0.4, -0.2) is 0 Å². The smallest absolute Gasteiger partial charge is 0.291 e. The highest BCUT2D eigenvalue weighted by atomic mass is 31.2. The third-order valence-electron chi connectivity index (χ3n) is 21.8. The molecule has 0 amide bonds. The summed E-state index contributed by atoms with van der Waals surface area (Å²) in [6, 6.07) is 44.9. The molecular weight excluding hydrogens is 1270 g/mol. The molecule has 6 aromatic rings. The molecule has 103 heavy (non-hydrogen) atoms. The maximum absolute atomic E-state index is 9.37. The van der Waals surface area contributed by atoms with Crippen LogP contribution in [0.4, 0.5) is 0 Å². The number of rotatable bonds is 54. The normalized spacial score (nSPS) is 12.1. The van der Waals surface area contributed by atoms with Crippen LogP contribution in [0.3, 0.4) is 0 Å². The SMILES string of the molecule is C=C(CCCCCC)C(OP(OC(C(=C)CCCCCC)(c1ccc(CCC)cc1CCC)c1ccc(CCC)cc1CCC)OC(C(=C)CCCCCC)(c1ccc(CCC)cc1CCC)c1ccc(CCC)cc1CCC)(c1ccc(CCC)cc1CCC)c1ccc(CCC)cc1CCC. The van der Waals surface area contributed by atoms with Gasteiger partial charge in [-0.2, -0.15) is 0 Å². The Morgan fingerprint density at radius 1 is 0.233 bits per heavy atom. The van der Waals surface area contributed by atoms with Crippen molar-refractivity contribution < 1.29 is 13.6 Å². The van der Waals surface area contributed by atoms with Crippen molar-refractivity contribution in [1.29, 1.82) is 0 Å². The van der Waals surface area contributed by atoms with Gasteiger partial charge < -0.3 is 0 Å². The number of hydrogen-bond acceptors (Lipinski definition) is 3. The third-order valence-corrected chi connectivity index (χ3v) is 23.0. The summed E-state index contributed by atoms with van der Waals surface area (Å²) in [6.45, 7) is 51.8. The molecule has 0 saturated carbocycles. The van der Waals surface area contributed by atoms with Crippen LogP contribution in [0.15, 0.2) is 146 Å². The second-order valence-electron chi connectivity index (χ2n) is 30.7. The molecule has 0 bridgehead atoms. The quantitative estimate of drug-likeness (QED) is 0.0216. The fraction of sp³-hybridized carbons (Fsp3) is 0.576. The molecule has 566 valence electrons. The zero-order chi connectivity index (χ0) is 74.6. The number of unbranched alkanes of at least 4 members (excludes halogenated alkanes) is 9. The van der Waals surface area contributed by atoms with Gasteiger partial charge in [0.1, 0.15) is 16.8 Å². The Hall–Kier alpha value is -5.15. The van der Waals surface area contributed by atoms with Gasteiger partial charge in [0.15, 0.2) is 0 Å². The van der Waals surface area contributed by atoms with Crippen molar-refractivity contribution >= 4 is 8.60 Å². The van der Waals surface area contributed by atoms with Gasteiger partial charge in [0.2, 0.25) is 0 Å². The maximum Gasteiger partial charge on any atom is 0.337 e. The summed E-state index contributed by atoms with van der Waals surface area (Å²) >= 11 is 0. The van der Waals surface area contributed by atoms with E-state index in [4.69, 9.17) is 19.7 Å². The Bertz CT molecular complexity index is 2960. The molecule has 0 unspecified atom stereocenters. The van der Waals surface area contributed by atoms with Gasteiger partial charge in [-0.25, -0.2) is 0 Å². The summed E-state index contributed by atoms with van der Waals surface area (Å²) in [6.07, 6.45) is 39.1. The molecule has 4 heteroatoms. The van der Waals surface area contributed by atoms with E-state index in [0.717, 1.165) is 267 Å². The third kappa shape index (κ3) is 22.7. The minimum Gasteiger partial charge on any atom is -0.291 e. The molecule has 0 aliphatic carbocycles. The minimum atomic E-state index is -2.63. The second kappa shape index (κ2) is 46.2. The van der Waals surface area contributed by atoms with Gasteiger partial charge in [0.05, 0.1) is 0 Å². The molecule has 0 aliphatic rings. The first kappa shape index (κ1) is 86.8. The van der Waals surface area contributed by atoms with Crippen molar-refractivity contribution in [3.05, 3.63) is 246 Å². The van der Waals surface area contributed by atoms with Gasteiger partial charge >= 0.3 is 8.60 Å². The largest absolute Gasteiger partial charge is 0.337 e. The van der Waals surface area contributed by atoms with E-state index in [-0.39, 0.29) is 0 Å². The van der Waals surface area contributed by atoms with Crippen LogP contribution >= 0.6 is 8.60 Å². The van der Waals surface area contributed by atoms with E-state index >= 15 is 0 Å². The Labute approximate surface area is 635 Å². The monoisotopic (exact) mass is 1420 g/mol. The van der Waals surface area contributed by atoms with Gasteiger partial charge in [-0.3, -0.25) is 13.6 Å². The fourth-order valence-corrected chi connectivity index (χ4v) is 18.5. The first-order valence-electron chi connectivity index (χ1n) is 42.8. The Morgan fingerprint density at radius 3 is 0.563 bits per heavy atom. The van der Waals surface area contributed by atoms with Crippen molar-refractivity contribution in [3.63, 3.8) is 0 Å². The molecule has 0 spiro atoms. The van der Waals surface area contributed by atoms with E-state index in [9.17, 15) is 13.6 Å². The lowest BCUT2D eigenvalue weighted by Gasteiger charge is -2.48. The van der Waals surface area contributed by atoms with Crippen LogP contribution in [0.5, 0.6) is 0 Å². The molecule has 0 fully saturated rings. The number of hydrogen-bond donors (Lipinski definition) is 0. The van der Waals surface area contributed by atoms with Crippen LogP contribution in [0.2, 0.25) is 0 Å². The Balaban J connectivity index is 2.09. The van der Waals surface area contributed by atoms with Gasteiger partial charge in [0.25, 0.3) is 0 Å². The first-order valence-corrected chi connectivity index (χ1v) is 43.9. The standard InChI is InChI=1S/C99H147O3P/c1-19-34-37-40-55-76(16)97(91-64-58-79(43-22-4)70-85(91)49-28-10,92-65-59-80(44-23-5)71-86(92)50-29-11)100-103(101-98(77(17)56-41-38-35-20-2,93-66-60-81(45-24-6)72-87(93)51-30-12)94-67-61-82(46-25-7)73-88(94)52-31-13)102-99(78(18)57-42-39-36-21-3,95-68-62-83(47-26-8)74-89(95)53-32-14)96-69-63-84(48-27-9)75-90(96)54-33-15/h58-75H,16-57H2,1-15H3. The van der Waals surface area contributed by atoms with Crippen LogP contribution < -0.4 is 0 Å². The van der Waals surface area contributed by atoms with E-state index in [2.05, 4.69) is 213 Å². The highest BCUT2D eigenvalue weighted by Gasteiger charge is 2.54. The fourth-order valence-electron chi connectivity index (χ4n) is 16.7. The van der Waals surface area contributed by atoms with E-state index in [1.807, 2.05) is 0 Å². The molecule has 0 N–H and O–H groups in total. The van der Waals surface area contributed by atoms with Crippen molar-refractivity contribution in [3.8, 4) is 0 Å². The number of benzene rings is 6. The highest BCUT2D eigenvalue weighted by Crippen LogP contribution is 2.66. The summed E-state index contributed by atoms with van der Waals surface area (Å²) in [4.78, 5) is 0. The summed E-state index contributed by atoms with van der Waals surface area (Å²) in [5, 5.41) is 0. The summed E-state index contributed by atoms with van der Waals surface area (Å²) in [5.41, 5.74) is 22.5. The second-order valence-corrected chi connectivity index (χ2v) is 31.7. The van der Waals surface area contributed by atoms with Crippen molar-refractivity contribution in [2.75, 3.05) is 0 Å². The molecule has 3 nitrogen and oxygen atoms in total. The predicted octanol–water partition coefficient (Wildman–Crippen LogP) is 30.1. The molecule has 0 aromatic heterocycles. The summed E-state index contributed by atoms with van der Waals surface area (Å²) < 4.78 is 28.1. The van der Waals surface area contributed by atoms with E-state index < -0.39 is 25.4 Å². The van der Waals surface area contributed by atoms with Gasteiger partial charge in [-0.1, -0.05) is 368 Å². The Kier molecular flexibility index (Phi) is 38.9. The topological polar surface area (TPSA) is 27.7 Å². The number of aryl methyl sites for hydroxylation is 12. The van der Waals surface area contributed by atoms with E-state index in [1.165, 1.54) is 100 Å². The molecule has 0 aliphatic heterocycles. The van der Waals surface area contributed by atoms with Crippen molar-refractivity contribution in [1.82, 2.24) is 0 Å². The van der Waals surface area contributed by atoms with Crippen LogP contribution in [0, 0.1) is 0 Å². The first-order chi connectivity index (χ1) is 50.1. The van der Waals surface area contributed by atoms with Crippen LogP contribution in [0.25, 0.3) is 0 Å². The minimum absolute atomic E-state index is 0.774. The summed E-state index contributed by atoms with van der Waals surface area (Å²) in [5.74, 6) is 0. The zero-order valence-electron chi connectivity index (χ0n) is 68.8. The molecule has 6 aromatic carbocycles. The molecular formula is C99H147O3P. The van der Waals surface area contributed by atoms with Gasteiger partial charge in [-0.15, -0.1) is 0 Å². The molecule has 0 heterocycles. The average molecular weight is 1420 g/mol. The van der Waals surface area contributed by atoms with E-state index in [1.54, 1.807) is 0 Å². The molecule has 0 saturated heterocycles. The van der Waals surface area contributed by atoms with Gasteiger partial charge in [0, 0.05) is 0 Å². The van der Waals surface area contributed by atoms with E-state index in [0.29, 0.717) is 0 Å². The Morgan fingerprint density at radius 2 is 0.408 bits per heavy atom. The lowest BCUT2D eigenvalue weighted by Crippen LogP contribution is -2.41. The molecule has 0 radical (unpaired) electrons. The maximum atomic E-state index is 9.37. The lowest BCUT2D eigenvalue weighted by atomic mass is 9.73. The predicted molar refractivity (Wildman–Crippen MR) is 453 cm³/mol. The lowest BCUT2D eigenvalue weighted by molar-refractivity contribution is 0.0112. The van der Waals surface area contributed by atoms with Crippen molar-refractivity contribution in [2.45, 2.75) is 371 Å². The molecule has 0 atom stereocenters. The van der Waals surface area contributed by atoms with Crippen LogP contribution in [0.1, 0.15) is 377 Å². The van der Waals surface area contributed by atoms with Gasteiger partial charge in [-0.05, 0) is 232 Å². The van der Waals surface area contributed by atoms with Crippen LogP contribution in [-0.2, 0) is 107 Å². The molecule has 6 rings (SSSR count). The summed E-state index contributed by atoms with van der Waals surface area (Å²) in [7, 11) is -2.63. The van der Waals surface area contributed by atoms with Crippen molar-refractivity contribution in [2.24, 2.45) is 0 Å². The zero-order valence-corrected chi connectivity index (χ0v) is 69.7. The average Bonchev–Trinajstić information content (AvgIpc) is 0.723.